The maximum Gasteiger partial charge on any atom is 0.411 e. The monoisotopic (exact) mass is 1000 g/mol. The first-order valence-electron chi connectivity index (χ1n) is 22.2. The van der Waals surface area contributed by atoms with Crippen LogP contribution in [-0.4, -0.2) is 169 Å². The Balaban J connectivity index is 1.24. The van der Waals surface area contributed by atoms with E-state index >= 15 is 0 Å². The van der Waals surface area contributed by atoms with Gasteiger partial charge in [-0.3, -0.25) is 81.3 Å². The number of nitro groups is 4. The van der Waals surface area contributed by atoms with Gasteiger partial charge in [-0.15, -0.1) is 0 Å². The second kappa shape index (κ2) is 28.2. The molecule has 1 aliphatic heterocycles. The number of non-ortho nitro benzene ring substituents is 4. The normalized spacial score (nSPS) is 14.0. The van der Waals surface area contributed by atoms with Crippen LogP contribution in [0.15, 0.2) is 97.1 Å². The Kier molecular flexibility index (Phi) is 21.3. The predicted molar refractivity (Wildman–Crippen MR) is 258 cm³/mol. The van der Waals surface area contributed by atoms with E-state index in [0.717, 1.165) is 0 Å². The minimum Gasteiger partial charge on any atom is -0.448 e. The Labute approximate surface area is 410 Å². The number of carbonyl (C=O) groups excluding carboxylic acids is 4. The maximum absolute atomic E-state index is 12.7. The highest BCUT2D eigenvalue weighted by Gasteiger charge is 2.20. The summed E-state index contributed by atoms with van der Waals surface area (Å²) in [6.07, 6.45) is -3.10. The highest BCUT2D eigenvalue weighted by molar-refractivity contribution is 5.86. The van der Waals surface area contributed by atoms with Crippen molar-refractivity contribution in [1.29, 1.82) is 0 Å². The van der Waals surface area contributed by atoms with Crippen molar-refractivity contribution in [2.75, 3.05) is 126 Å². The molecule has 0 bridgehead atoms. The molecule has 4 amide bonds. The highest BCUT2D eigenvalue weighted by Crippen LogP contribution is 2.19. The molecule has 1 fully saturated rings. The van der Waals surface area contributed by atoms with Gasteiger partial charge in [0.15, 0.2) is 0 Å². The molecule has 0 aliphatic carbocycles. The van der Waals surface area contributed by atoms with Gasteiger partial charge < -0.3 is 18.9 Å². The second-order valence-electron chi connectivity index (χ2n) is 15.6. The number of hydrogen-bond donors (Lipinski definition) is 4. The van der Waals surface area contributed by atoms with E-state index < -0.39 is 44.1 Å². The summed E-state index contributed by atoms with van der Waals surface area (Å²) in [4.78, 5) is 101. The quantitative estimate of drug-likeness (QED) is 0.0459. The number of nitrogens with zero attached hydrogens (tertiary/aromatic N) is 8. The topological polar surface area (TPSA) is 339 Å². The lowest BCUT2D eigenvalue weighted by atomic mass is 10.3. The predicted octanol–water partition coefficient (Wildman–Crippen LogP) is 5.84. The molecule has 28 heteroatoms. The maximum atomic E-state index is 12.7. The number of carbonyl (C=O) groups is 4. The van der Waals surface area contributed by atoms with Crippen LogP contribution < -0.4 is 21.3 Å². The van der Waals surface area contributed by atoms with Crippen molar-refractivity contribution in [2.24, 2.45) is 0 Å². The Hall–Kier alpha value is -8.60. The summed E-state index contributed by atoms with van der Waals surface area (Å²) in [5, 5.41) is 54.3. The van der Waals surface area contributed by atoms with E-state index in [4.69, 9.17) is 18.9 Å². The van der Waals surface area contributed by atoms with Crippen LogP contribution in [0, 0.1) is 40.5 Å². The van der Waals surface area contributed by atoms with Gasteiger partial charge >= 0.3 is 24.4 Å². The summed E-state index contributed by atoms with van der Waals surface area (Å²) in [6.45, 7) is 4.49. The molecule has 1 aliphatic rings. The molecular weight excluding hydrogens is 953 g/mol. The average Bonchev–Trinajstić information content (AvgIpc) is 3.34. The number of hydrogen-bond acceptors (Lipinski definition) is 20. The van der Waals surface area contributed by atoms with Gasteiger partial charge in [0.2, 0.25) is 0 Å². The number of nitro benzene ring substituents is 4. The molecule has 72 heavy (non-hydrogen) atoms. The van der Waals surface area contributed by atoms with E-state index in [0.29, 0.717) is 75.1 Å². The van der Waals surface area contributed by atoms with E-state index in [9.17, 15) is 59.6 Å². The molecule has 0 saturated carbocycles. The van der Waals surface area contributed by atoms with Crippen LogP contribution in [0.4, 0.5) is 64.7 Å². The van der Waals surface area contributed by atoms with Crippen LogP contribution in [0.1, 0.15) is 0 Å². The third-order valence-corrected chi connectivity index (χ3v) is 10.8. The first kappa shape index (κ1) is 54.3. The lowest BCUT2D eigenvalue weighted by molar-refractivity contribution is -0.385. The fraction of sp³-hybridized carbons (Fsp3) is 0.364. The lowest BCUT2D eigenvalue weighted by Gasteiger charge is -2.34. The van der Waals surface area contributed by atoms with Gasteiger partial charge in [0.1, 0.15) is 26.4 Å². The molecule has 1 heterocycles. The Morgan fingerprint density at radius 3 is 0.667 bits per heavy atom. The first-order valence-corrected chi connectivity index (χ1v) is 22.2. The molecule has 0 unspecified atom stereocenters. The number of benzene rings is 4. The molecular formula is C44H52N12O16. The van der Waals surface area contributed by atoms with E-state index in [1.165, 1.54) is 97.1 Å². The number of anilines is 4. The molecule has 5 rings (SSSR count). The smallest absolute Gasteiger partial charge is 0.411 e. The third kappa shape index (κ3) is 19.4. The summed E-state index contributed by atoms with van der Waals surface area (Å²) >= 11 is 0. The van der Waals surface area contributed by atoms with Crippen molar-refractivity contribution in [1.82, 2.24) is 19.6 Å². The molecule has 384 valence electrons. The molecule has 0 spiro atoms. The first-order chi connectivity index (χ1) is 34.6. The van der Waals surface area contributed by atoms with Gasteiger partial charge in [-0.2, -0.15) is 0 Å². The lowest BCUT2D eigenvalue weighted by Crippen LogP contribution is -2.48. The van der Waals surface area contributed by atoms with Gasteiger partial charge in [-0.05, 0) is 48.5 Å². The van der Waals surface area contributed by atoms with Crippen molar-refractivity contribution in [3.8, 4) is 0 Å². The van der Waals surface area contributed by atoms with Gasteiger partial charge in [0.05, 0.1) is 19.7 Å². The summed E-state index contributed by atoms with van der Waals surface area (Å²) in [6, 6.07) is 21.0. The zero-order valence-electron chi connectivity index (χ0n) is 38.7. The summed E-state index contributed by atoms with van der Waals surface area (Å²) < 4.78 is 21.9. The van der Waals surface area contributed by atoms with Crippen LogP contribution in [0.3, 0.4) is 0 Å². The van der Waals surface area contributed by atoms with Crippen molar-refractivity contribution < 1.29 is 57.8 Å². The van der Waals surface area contributed by atoms with Crippen molar-refractivity contribution >= 4 is 69.9 Å². The standard InChI is InChI=1S/C44H52N12O16/c57-41(45-33-1-9-37(10-2-33)53(61)62)69-29-25-49-17-19-50(26-30-70-42(58)46-34-3-11-38(12-4-34)54(63)64)21-23-52(28-32-72-44(60)48-36-7-15-40(16-8-36)56(67)68)24-22-51(20-18-49)27-31-71-43(59)47-35-5-13-39(14-6-35)55(65)66/h1-16H,17-32H2,(H,45,57)(H,46,58)(H,47,59)(H,48,60). The molecule has 4 N–H and O–H groups in total. The molecule has 4 aromatic rings. The van der Waals surface area contributed by atoms with E-state index in [-0.39, 0.29) is 75.4 Å². The Morgan fingerprint density at radius 1 is 0.347 bits per heavy atom. The number of amides is 4. The summed E-state index contributed by atoms with van der Waals surface area (Å²) in [7, 11) is 0. The Bertz CT molecular complexity index is 2110. The fourth-order valence-corrected chi connectivity index (χ4v) is 6.82. The third-order valence-electron chi connectivity index (χ3n) is 10.8. The molecule has 4 aromatic carbocycles. The minimum atomic E-state index is -0.775. The molecule has 1 saturated heterocycles. The van der Waals surface area contributed by atoms with Crippen molar-refractivity contribution in [3.05, 3.63) is 138 Å². The zero-order chi connectivity index (χ0) is 51.8. The molecule has 28 nitrogen and oxygen atoms in total. The van der Waals surface area contributed by atoms with Crippen LogP contribution >= 0.6 is 0 Å². The van der Waals surface area contributed by atoms with Gasteiger partial charge in [0.25, 0.3) is 22.7 Å². The van der Waals surface area contributed by atoms with Crippen LogP contribution in [0.5, 0.6) is 0 Å². The summed E-state index contributed by atoms with van der Waals surface area (Å²) in [5.74, 6) is 0. The highest BCUT2D eigenvalue weighted by atomic mass is 16.6. The molecule has 0 radical (unpaired) electrons. The zero-order valence-corrected chi connectivity index (χ0v) is 38.7. The summed E-state index contributed by atoms with van der Waals surface area (Å²) in [5.41, 5.74) is 0.584. The van der Waals surface area contributed by atoms with Gasteiger partial charge in [-0.25, -0.2) is 19.2 Å². The van der Waals surface area contributed by atoms with Gasteiger partial charge in [0, 0.05) is 150 Å². The largest absolute Gasteiger partial charge is 0.448 e. The van der Waals surface area contributed by atoms with E-state index in [1.807, 2.05) is 0 Å². The fourth-order valence-electron chi connectivity index (χ4n) is 6.82. The molecule has 0 atom stereocenters. The van der Waals surface area contributed by atoms with Crippen molar-refractivity contribution in [2.45, 2.75) is 0 Å². The SMILES string of the molecule is O=C(Nc1ccc([N+](=O)[O-])cc1)OCCN1CCN(CCOC(=O)Nc2ccc([N+](=O)[O-])cc2)CCN(CCOC(=O)Nc2ccc([N+](=O)[O-])cc2)CCN(CCOC(=O)Nc2ccc([N+](=O)[O-])cc2)CC1. The van der Waals surface area contributed by atoms with Crippen LogP contribution in [-0.2, 0) is 18.9 Å². The average molecular weight is 1000 g/mol. The number of ether oxygens (including phenoxy) is 4. The van der Waals surface area contributed by atoms with Crippen molar-refractivity contribution in [3.63, 3.8) is 0 Å². The van der Waals surface area contributed by atoms with Crippen LogP contribution in [0.25, 0.3) is 0 Å². The van der Waals surface area contributed by atoms with E-state index in [2.05, 4.69) is 40.9 Å². The number of nitrogens with one attached hydrogen (secondary N) is 4. The second-order valence-corrected chi connectivity index (χ2v) is 15.6. The Morgan fingerprint density at radius 2 is 0.514 bits per heavy atom. The molecule has 0 aromatic heterocycles. The van der Waals surface area contributed by atoms with E-state index in [1.54, 1.807) is 0 Å². The van der Waals surface area contributed by atoms with Crippen LogP contribution in [0.2, 0.25) is 0 Å². The van der Waals surface area contributed by atoms with Gasteiger partial charge in [-0.1, -0.05) is 0 Å². The minimum absolute atomic E-state index is 0.0395. The number of rotatable bonds is 20.